The fourth-order valence-electron chi connectivity index (χ4n) is 8.30. The SMILES string of the molecule is CCCC12NCN([C@@H]3O[C@H](CN(C(C)C)C4CC(CCc5nc6ccc(C(C)(C)COC)cc6[nH]5)C4)[C@@H](O)[C@H]3O)C1N=CNC2N. The van der Waals surface area contributed by atoms with Crippen LogP contribution in [-0.2, 0) is 21.3 Å². The molecule has 12 nitrogen and oxygen atoms in total. The summed E-state index contributed by atoms with van der Waals surface area (Å²) in [6.07, 6.45) is 3.94. The number of nitrogens with two attached hydrogens (primary N) is 1. The van der Waals surface area contributed by atoms with Crippen LogP contribution in [-0.4, -0.2) is 118 Å². The minimum Gasteiger partial charge on any atom is -0.387 e. The van der Waals surface area contributed by atoms with Crippen molar-refractivity contribution in [2.75, 3.05) is 26.9 Å². The number of nitrogens with zero attached hydrogens (tertiary/aromatic N) is 4. The lowest BCUT2D eigenvalue weighted by Gasteiger charge is -2.46. The quantitative estimate of drug-likeness (QED) is 0.191. The van der Waals surface area contributed by atoms with Gasteiger partial charge < -0.3 is 35.7 Å². The normalized spacial score (nSPS) is 34.8. The summed E-state index contributed by atoms with van der Waals surface area (Å²) in [5.41, 5.74) is 9.33. The molecule has 12 heteroatoms. The van der Waals surface area contributed by atoms with Crippen LogP contribution in [0, 0.1) is 5.92 Å². The van der Waals surface area contributed by atoms with E-state index in [1.165, 1.54) is 5.56 Å². The lowest BCUT2D eigenvalue weighted by Crippen LogP contribution is -2.69. The second kappa shape index (κ2) is 13.4. The van der Waals surface area contributed by atoms with E-state index in [4.69, 9.17) is 25.2 Å². The van der Waals surface area contributed by atoms with Crippen molar-refractivity contribution < 1.29 is 19.7 Å². The van der Waals surface area contributed by atoms with Gasteiger partial charge >= 0.3 is 0 Å². The Kier molecular flexibility index (Phi) is 9.82. The molecule has 6 rings (SSSR count). The Hall–Kier alpha value is -2.16. The van der Waals surface area contributed by atoms with Gasteiger partial charge in [0.2, 0.25) is 0 Å². The van der Waals surface area contributed by atoms with E-state index in [0.29, 0.717) is 37.8 Å². The minimum absolute atomic E-state index is 0.0578. The van der Waals surface area contributed by atoms with Gasteiger partial charge in [-0.15, -0.1) is 0 Å². The number of imidazole rings is 1. The van der Waals surface area contributed by atoms with Crippen molar-refractivity contribution in [3.05, 3.63) is 29.6 Å². The third-order valence-electron chi connectivity index (χ3n) is 11.1. The number of H-pyrrole nitrogens is 1. The van der Waals surface area contributed by atoms with Crippen LogP contribution in [0.3, 0.4) is 0 Å². The second-order valence-electron chi connectivity index (χ2n) is 15.0. The first-order chi connectivity index (χ1) is 22.0. The second-order valence-corrected chi connectivity index (χ2v) is 15.0. The summed E-state index contributed by atoms with van der Waals surface area (Å²) in [7, 11) is 1.75. The molecule has 4 aliphatic rings. The van der Waals surface area contributed by atoms with Gasteiger partial charge in [-0.05, 0) is 63.1 Å². The summed E-state index contributed by atoms with van der Waals surface area (Å²) in [6.45, 7) is 12.7. The highest BCUT2D eigenvalue weighted by molar-refractivity contribution is 5.76. The van der Waals surface area contributed by atoms with Gasteiger partial charge in [-0.25, -0.2) is 9.88 Å². The Labute approximate surface area is 273 Å². The maximum atomic E-state index is 11.2. The molecule has 2 saturated heterocycles. The van der Waals surface area contributed by atoms with E-state index in [9.17, 15) is 10.2 Å². The molecule has 46 heavy (non-hydrogen) atoms. The lowest BCUT2D eigenvalue weighted by atomic mass is 9.76. The molecule has 1 aromatic heterocycles. The Bertz CT molecular complexity index is 1360. The molecular weight excluding hydrogens is 584 g/mol. The zero-order valence-electron chi connectivity index (χ0n) is 28.4. The standard InChI is InChI=1S/C34H56N8O4/c1-7-12-34-31(35)36-18-37-32(34)42(19-38-34)30-29(44)28(43)26(46-30)16-41(20(2)3)23-13-21(14-23)8-11-27-39-24-10-9-22(15-25(24)40-27)33(4,5)17-45-6/h9-10,15,18,20-21,23,26,28-32,38,43-44H,7-8,11-14,16-17,19,35H2,1-6H3,(H,36,37)(H,39,40)/t21?,23?,26-,28-,29-,30-,31?,32?,34?/m1/s1. The van der Waals surface area contributed by atoms with Crippen LogP contribution in [0.15, 0.2) is 23.2 Å². The molecule has 1 aromatic carbocycles. The molecule has 2 aromatic rings. The van der Waals surface area contributed by atoms with Crippen LogP contribution in [0.4, 0.5) is 0 Å². The lowest BCUT2D eigenvalue weighted by molar-refractivity contribution is -0.109. The van der Waals surface area contributed by atoms with Gasteiger partial charge in [0.15, 0.2) is 0 Å². The molecule has 3 unspecified atom stereocenters. The van der Waals surface area contributed by atoms with Crippen LogP contribution >= 0.6 is 0 Å². The molecule has 0 radical (unpaired) electrons. The van der Waals surface area contributed by atoms with Gasteiger partial charge in [-0.1, -0.05) is 33.3 Å². The number of nitrogens with one attached hydrogen (secondary N) is 3. The number of aliphatic hydroxyl groups excluding tert-OH is 2. The van der Waals surface area contributed by atoms with Crippen molar-refractivity contribution in [2.24, 2.45) is 16.6 Å². The predicted molar refractivity (Wildman–Crippen MR) is 179 cm³/mol. The Morgan fingerprint density at radius 3 is 2.74 bits per heavy atom. The van der Waals surface area contributed by atoms with Gasteiger partial charge in [-0.2, -0.15) is 0 Å². The number of ether oxygens (including phenoxy) is 2. The number of aliphatic hydroxyl groups is 2. The first-order valence-electron chi connectivity index (χ1n) is 17.3. The van der Waals surface area contributed by atoms with Crippen molar-refractivity contribution in [2.45, 2.75) is 133 Å². The highest BCUT2D eigenvalue weighted by Crippen LogP contribution is 2.39. The number of aliphatic imine (C=N–C) groups is 1. The molecule has 4 heterocycles. The third-order valence-corrected chi connectivity index (χ3v) is 11.1. The zero-order chi connectivity index (χ0) is 32.8. The van der Waals surface area contributed by atoms with E-state index in [2.05, 4.69) is 73.3 Å². The van der Waals surface area contributed by atoms with Crippen LogP contribution in [0.1, 0.15) is 78.1 Å². The largest absolute Gasteiger partial charge is 0.387 e. The molecule has 7 N–H and O–H groups in total. The van der Waals surface area contributed by atoms with Crippen LogP contribution in [0.2, 0.25) is 0 Å². The van der Waals surface area contributed by atoms with E-state index in [0.717, 1.165) is 55.4 Å². The monoisotopic (exact) mass is 640 g/mol. The Balaban J connectivity index is 1.03. The third kappa shape index (κ3) is 6.23. The predicted octanol–water partition coefficient (Wildman–Crippen LogP) is 2.00. The molecule has 3 fully saturated rings. The number of fused-ring (bicyclic) bond motifs is 2. The number of hydrogen-bond acceptors (Lipinski definition) is 11. The number of aryl methyl sites for hydroxylation is 1. The van der Waals surface area contributed by atoms with E-state index in [1.807, 2.05) is 4.90 Å². The highest BCUT2D eigenvalue weighted by atomic mass is 16.6. The summed E-state index contributed by atoms with van der Waals surface area (Å²) in [5, 5.41) is 29.1. The van der Waals surface area contributed by atoms with Gasteiger partial charge in [-0.3, -0.25) is 15.2 Å². The van der Waals surface area contributed by atoms with Gasteiger partial charge in [0.1, 0.15) is 36.5 Å². The van der Waals surface area contributed by atoms with Crippen LogP contribution in [0.5, 0.6) is 0 Å². The minimum atomic E-state index is -1.03. The van der Waals surface area contributed by atoms with E-state index in [-0.39, 0.29) is 17.7 Å². The smallest absolute Gasteiger partial charge is 0.142 e. The van der Waals surface area contributed by atoms with Gasteiger partial charge in [0.25, 0.3) is 0 Å². The first-order valence-corrected chi connectivity index (χ1v) is 17.3. The van der Waals surface area contributed by atoms with E-state index in [1.54, 1.807) is 13.4 Å². The fraction of sp³-hybridized carbons (Fsp3) is 0.765. The van der Waals surface area contributed by atoms with Crippen LogP contribution < -0.4 is 16.4 Å². The number of hydrogen-bond donors (Lipinski definition) is 6. The Morgan fingerprint density at radius 2 is 2.02 bits per heavy atom. The molecule has 1 saturated carbocycles. The molecule has 256 valence electrons. The van der Waals surface area contributed by atoms with Crippen molar-refractivity contribution in [3.63, 3.8) is 0 Å². The van der Waals surface area contributed by atoms with Gasteiger partial charge in [0, 0.05) is 37.6 Å². The topological polar surface area (TPSA) is 157 Å². The summed E-state index contributed by atoms with van der Waals surface area (Å²) < 4.78 is 11.9. The number of rotatable bonds is 13. The summed E-state index contributed by atoms with van der Waals surface area (Å²) in [5.74, 6) is 1.68. The van der Waals surface area contributed by atoms with Crippen molar-refractivity contribution in [3.8, 4) is 0 Å². The Morgan fingerprint density at radius 1 is 1.24 bits per heavy atom. The average Bonchev–Trinajstić information content (AvgIpc) is 3.66. The number of benzene rings is 1. The molecule has 0 bridgehead atoms. The number of aromatic amines is 1. The maximum Gasteiger partial charge on any atom is 0.142 e. The molecule has 0 amide bonds. The zero-order valence-corrected chi connectivity index (χ0v) is 28.4. The summed E-state index contributed by atoms with van der Waals surface area (Å²) >= 11 is 0. The van der Waals surface area contributed by atoms with Crippen LogP contribution in [0.25, 0.3) is 11.0 Å². The molecular formula is C34H56N8O4. The van der Waals surface area contributed by atoms with E-state index < -0.39 is 30.1 Å². The summed E-state index contributed by atoms with van der Waals surface area (Å²) in [4.78, 5) is 17.6. The molecule has 0 spiro atoms. The van der Waals surface area contributed by atoms with Crippen molar-refractivity contribution in [1.82, 2.24) is 30.4 Å². The fourth-order valence-corrected chi connectivity index (χ4v) is 8.30. The molecule has 3 aliphatic heterocycles. The van der Waals surface area contributed by atoms with E-state index >= 15 is 0 Å². The van der Waals surface area contributed by atoms with Crippen molar-refractivity contribution >= 4 is 17.4 Å². The molecule has 1 aliphatic carbocycles. The number of methoxy groups -OCH3 is 1. The van der Waals surface area contributed by atoms with Gasteiger partial charge in [0.05, 0.1) is 42.4 Å². The molecule has 7 atom stereocenters. The average molecular weight is 641 g/mol. The maximum absolute atomic E-state index is 11.2. The first kappa shape index (κ1) is 33.7. The highest BCUT2D eigenvalue weighted by Gasteiger charge is 2.58. The van der Waals surface area contributed by atoms with Crippen molar-refractivity contribution in [1.29, 1.82) is 0 Å². The summed E-state index contributed by atoms with van der Waals surface area (Å²) in [6, 6.07) is 7.20. The number of aromatic nitrogens is 2.